The number of morpholine rings is 1. The van der Waals surface area contributed by atoms with Gasteiger partial charge in [-0.2, -0.15) is 0 Å². The number of aryl methyl sites for hydroxylation is 2. The fourth-order valence-electron chi connectivity index (χ4n) is 4.02. The van der Waals surface area contributed by atoms with Gasteiger partial charge in [-0.15, -0.1) is 0 Å². The second-order valence-corrected chi connectivity index (χ2v) is 9.04. The summed E-state index contributed by atoms with van der Waals surface area (Å²) < 4.78 is 5.44. The normalized spacial score (nSPS) is 15.7. The van der Waals surface area contributed by atoms with Crippen molar-refractivity contribution in [3.05, 3.63) is 45.2 Å². The Bertz CT molecular complexity index is 952. The van der Waals surface area contributed by atoms with E-state index in [2.05, 4.69) is 53.0 Å². The highest BCUT2D eigenvalue weighted by Crippen LogP contribution is 2.18. The van der Waals surface area contributed by atoms with Gasteiger partial charge in [0.15, 0.2) is 5.11 Å². The Morgan fingerprint density at radius 3 is 2.74 bits per heavy atom. The third-order valence-electron chi connectivity index (χ3n) is 6.01. The average molecular weight is 445 g/mol. The van der Waals surface area contributed by atoms with Crippen LogP contribution >= 0.6 is 12.2 Å². The Hall–Kier alpha value is -1.96. The molecule has 1 saturated heterocycles. The van der Waals surface area contributed by atoms with E-state index < -0.39 is 0 Å². The lowest BCUT2D eigenvalue weighted by Gasteiger charge is -2.30. The van der Waals surface area contributed by atoms with Crippen molar-refractivity contribution in [3.63, 3.8) is 0 Å². The second-order valence-electron chi connectivity index (χ2n) is 8.66. The number of nitrogens with zero attached hydrogens (tertiary/aromatic N) is 2. The molecule has 31 heavy (non-hydrogen) atoms. The largest absolute Gasteiger partial charge is 0.379 e. The van der Waals surface area contributed by atoms with Crippen LogP contribution in [-0.2, 0) is 11.3 Å². The van der Waals surface area contributed by atoms with Crippen LogP contribution in [0.1, 0.15) is 43.4 Å². The third-order valence-corrected chi connectivity index (χ3v) is 6.38. The first kappa shape index (κ1) is 23.7. The van der Waals surface area contributed by atoms with Crippen molar-refractivity contribution in [2.45, 2.75) is 53.1 Å². The van der Waals surface area contributed by atoms with Gasteiger partial charge in [-0.3, -0.25) is 9.69 Å². The Balaban J connectivity index is 1.77. The Morgan fingerprint density at radius 2 is 2.03 bits per heavy atom. The predicted molar refractivity (Wildman–Crippen MR) is 132 cm³/mol. The van der Waals surface area contributed by atoms with Crippen LogP contribution in [0.4, 0.5) is 0 Å². The molecule has 2 N–H and O–H groups in total. The maximum absolute atomic E-state index is 12.9. The lowest BCUT2D eigenvalue weighted by Crippen LogP contribution is -2.45. The lowest BCUT2D eigenvalue weighted by molar-refractivity contribution is 0.0367. The molecular formula is C24H36N4O2S. The van der Waals surface area contributed by atoms with Gasteiger partial charge in [-0.25, -0.2) is 0 Å². The van der Waals surface area contributed by atoms with E-state index in [0.29, 0.717) is 12.6 Å². The number of rotatable bonds is 8. The molecule has 0 spiro atoms. The van der Waals surface area contributed by atoms with Crippen molar-refractivity contribution in [1.82, 2.24) is 20.1 Å². The van der Waals surface area contributed by atoms with E-state index in [9.17, 15) is 4.79 Å². The summed E-state index contributed by atoms with van der Waals surface area (Å²) in [5, 5.41) is 5.21. The highest BCUT2D eigenvalue weighted by molar-refractivity contribution is 7.80. The van der Waals surface area contributed by atoms with Gasteiger partial charge in [0.25, 0.3) is 5.56 Å². The molecule has 3 rings (SSSR count). The molecule has 2 heterocycles. The molecule has 1 aromatic carbocycles. The van der Waals surface area contributed by atoms with Crippen LogP contribution in [-0.4, -0.2) is 65.3 Å². The molecule has 1 aromatic heterocycles. The van der Waals surface area contributed by atoms with E-state index in [1.807, 2.05) is 13.0 Å². The minimum Gasteiger partial charge on any atom is -0.379 e. The zero-order valence-corrected chi connectivity index (χ0v) is 20.1. The number of fused-ring (bicyclic) bond motifs is 1. The maximum atomic E-state index is 12.9. The summed E-state index contributed by atoms with van der Waals surface area (Å²) in [5.41, 5.74) is 3.91. The smallest absolute Gasteiger partial charge is 0.253 e. The number of benzene rings is 1. The third kappa shape index (κ3) is 6.51. The molecule has 1 atom stereocenters. The molecule has 1 aliphatic rings. The average Bonchev–Trinajstić information content (AvgIpc) is 2.74. The minimum absolute atomic E-state index is 0.0380. The number of hydrogen-bond acceptors (Lipinski definition) is 4. The molecular weight excluding hydrogens is 408 g/mol. The Morgan fingerprint density at radius 1 is 1.29 bits per heavy atom. The summed E-state index contributed by atoms with van der Waals surface area (Å²) in [6, 6.07) is 6.55. The number of nitrogens with one attached hydrogen (secondary N) is 2. The van der Waals surface area contributed by atoms with Gasteiger partial charge < -0.3 is 19.9 Å². The topological polar surface area (TPSA) is 60.6 Å². The van der Waals surface area contributed by atoms with Gasteiger partial charge in [0, 0.05) is 37.8 Å². The van der Waals surface area contributed by atoms with Gasteiger partial charge in [-0.1, -0.05) is 18.6 Å². The van der Waals surface area contributed by atoms with Crippen molar-refractivity contribution in [2.75, 3.05) is 39.4 Å². The quantitative estimate of drug-likeness (QED) is 0.609. The number of H-pyrrole nitrogens is 1. The molecule has 1 fully saturated rings. The molecule has 170 valence electrons. The van der Waals surface area contributed by atoms with E-state index in [-0.39, 0.29) is 5.56 Å². The maximum Gasteiger partial charge on any atom is 0.253 e. The standard InChI is InChI=1S/C24H36N4O2S/c1-5-19(4)25-24(31)28(8-6-7-27-9-11-30-12-10-27)16-21-15-20-14-17(2)13-18(3)22(20)26-23(21)29/h13-15,19H,5-12,16H2,1-4H3,(H,25,31)(H,26,29)/t19-/m1/s1. The van der Waals surface area contributed by atoms with Crippen molar-refractivity contribution in [1.29, 1.82) is 0 Å². The number of hydrogen-bond donors (Lipinski definition) is 2. The number of thiocarbonyl (C=S) groups is 1. The molecule has 0 bridgehead atoms. The van der Waals surface area contributed by atoms with Gasteiger partial charge >= 0.3 is 0 Å². The summed E-state index contributed by atoms with van der Waals surface area (Å²) in [7, 11) is 0. The number of aromatic nitrogens is 1. The zero-order chi connectivity index (χ0) is 22.4. The van der Waals surface area contributed by atoms with Crippen molar-refractivity contribution in [2.24, 2.45) is 0 Å². The van der Waals surface area contributed by atoms with E-state index in [1.54, 1.807) is 0 Å². The SMILES string of the molecule is CC[C@@H](C)NC(=S)N(CCCN1CCOCC1)Cc1cc2cc(C)cc(C)c2[nH]c1=O. The fourth-order valence-corrected chi connectivity index (χ4v) is 4.38. The van der Waals surface area contributed by atoms with Crippen LogP contribution in [0.5, 0.6) is 0 Å². The number of pyridine rings is 1. The fraction of sp³-hybridized carbons (Fsp3) is 0.583. The van der Waals surface area contributed by atoms with Crippen LogP contribution in [0.2, 0.25) is 0 Å². The summed E-state index contributed by atoms with van der Waals surface area (Å²) in [6.45, 7) is 14.3. The molecule has 0 unspecified atom stereocenters. The first-order chi connectivity index (χ1) is 14.9. The zero-order valence-electron chi connectivity index (χ0n) is 19.3. The Kier molecular flexibility index (Phi) is 8.46. The van der Waals surface area contributed by atoms with Crippen LogP contribution in [0.3, 0.4) is 0 Å². The van der Waals surface area contributed by atoms with Crippen LogP contribution in [0.15, 0.2) is 23.0 Å². The molecule has 0 radical (unpaired) electrons. The monoisotopic (exact) mass is 444 g/mol. The van der Waals surface area contributed by atoms with E-state index in [0.717, 1.165) is 79.4 Å². The highest BCUT2D eigenvalue weighted by Gasteiger charge is 2.16. The minimum atomic E-state index is -0.0380. The second kappa shape index (κ2) is 11.1. The van der Waals surface area contributed by atoms with E-state index >= 15 is 0 Å². The van der Waals surface area contributed by atoms with E-state index in [4.69, 9.17) is 17.0 Å². The predicted octanol–water partition coefficient (Wildman–Crippen LogP) is 3.34. The van der Waals surface area contributed by atoms with Crippen molar-refractivity contribution < 1.29 is 4.74 Å². The van der Waals surface area contributed by atoms with Crippen molar-refractivity contribution >= 4 is 28.2 Å². The van der Waals surface area contributed by atoms with Gasteiger partial charge in [0.1, 0.15) is 0 Å². The van der Waals surface area contributed by atoms with Gasteiger partial charge in [-0.05, 0) is 68.9 Å². The summed E-state index contributed by atoms with van der Waals surface area (Å²) in [6.07, 6.45) is 1.99. The first-order valence-corrected chi connectivity index (χ1v) is 11.8. The molecule has 0 amide bonds. The van der Waals surface area contributed by atoms with Gasteiger partial charge in [0.05, 0.1) is 25.3 Å². The van der Waals surface area contributed by atoms with Gasteiger partial charge in [0.2, 0.25) is 0 Å². The lowest BCUT2D eigenvalue weighted by atomic mass is 10.1. The molecule has 6 nitrogen and oxygen atoms in total. The molecule has 0 aliphatic carbocycles. The molecule has 2 aromatic rings. The van der Waals surface area contributed by atoms with Crippen LogP contribution in [0.25, 0.3) is 10.9 Å². The molecule has 7 heteroatoms. The number of ether oxygens (including phenoxy) is 1. The van der Waals surface area contributed by atoms with E-state index in [1.165, 1.54) is 5.56 Å². The number of aromatic amines is 1. The van der Waals surface area contributed by atoms with Crippen LogP contribution in [0, 0.1) is 13.8 Å². The first-order valence-electron chi connectivity index (χ1n) is 11.4. The summed E-state index contributed by atoms with van der Waals surface area (Å²) in [5.74, 6) is 0. The van der Waals surface area contributed by atoms with Crippen molar-refractivity contribution in [3.8, 4) is 0 Å². The summed E-state index contributed by atoms with van der Waals surface area (Å²) in [4.78, 5) is 20.5. The molecule has 1 aliphatic heterocycles. The Labute approximate surface area is 191 Å². The highest BCUT2D eigenvalue weighted by atomic mass is 32.1. The molecule has 0 saturated carbocycles. The summed E-state index contributed by atoms with van der Waals surface area (Å²) >= 11 is 5.74. The van der Waals surface area contributed by atoms with Crippen LogP contribution < -0.4 is 10.9 Å².